The van der Waals surface area contributed by atoms with E-state index in [-0.39, 0.29) is 16.7 Å². The zero-order valence-electron chi connectivity index (χ0n) is 17.7. The molecule has 0 spiro atoms. The fourth-order valence-electron chi connectivity index (χ4n) is 4.10. The van der Waals surface area contributed by atoms with Crippen molar-refractivity contribution in [1.82, 2.24) is 9.21 Å². The second kappa shape index (κ2) is 9.28. The zero-order valence-corrected chi connectivity index (χ0v) is 18.5. The number of benzene rings is 2. The Kier molecular flexibility index (Phi) is 6.48. The van der Waals surface area contributed by atoms with Gasteiger partial charge in [0.1, 0.15) is 13.2 Å². The number of sulfonamides is 1. The van der Waals surface area contributed by atoms with E-state index in [1.165, 1.54) is 4.31 Å². The summed E-state index contributed by atoms with van der Waals surface area (Å²) in [4.78, 5) is 14.9. The van der Waals surface area contributed by atoms with Crippen LogP contribution in [0.25, 0.3) is 0 Å². The van der Waals surface area contributed by atoms with Gasteiger partial charge < -0.3 is 14.4 Å². The molecule has 0 bridgehead atoms. The topological polar surface area (TPSA) is 76.2 Å². The van der Waals surface area contributed by atoms with Gasteiger partial charge in [0.15, 0.2) is 11.5 Å². The molecule has 1 saturated heterocycles. The third-order valence-corrected chi connectivity index (χ3v) is 7.79. The number of ether oxygens (including phenoxy) is 2. The summed E-state index contributed by atoms with van der Waals surface area (Å²) in [5, 5.41) is 0. The molecule has 0 unspecified atom stereocenters. The molecule has 7 nitrogen and oxygen atoms in total. The van der Waals surface area contributed by atoms with Gasteiger partial charge in [-0.15, -0.1) is 0 Å². The van der Waals surface area contributed by atoms with Gasteiger partial charge in [-0.05, 0) is 49.9 Å². The maximum Gasteiger partial charge on any atom is 0.253 e. The quantitative estimate of drug-likeness (QED) is 0.685. The summed E-state index contributed by atoms with van der Waals surface area (Å²) >= 11 is 0. The van der Waals surface area contributed by atoms with Crippen molar-refractivity contribution >= 4 is 15.9 Å². The van der Waals surface area contributed by atoms with Crippen LogP contribution in [0.5, 0.6) is 11.5 Å². The molecule has 2 aliphatic rings. The lowest BCUT2D eigenvalue weighted by molar-refractivity contribution is 0.0717. The molecule has 0 radical (unpaired) electrons. The van der Waals surface area contributed by atoms with Crippen molar-refractivity contribution in [3.05, 3.63) is 54.1 Å². The number of hydrogen-bond donors (Lipinski definition) is 0. The molecule has 1 fully saturated rings. The molecular weight excluding hydrogens is 416 g/mol. The fourth-order valence-corrected chi connectivity index (χ4v) is 5.58. The van der Waals surface area contributed by atoms with Crippen molar-refractivity contribution in [2.75, 3.05) is 39.4 Å². The van der Waals surface area contributed by atoms with Crippen LogP contribution in [0.3, 0.4) is 0 Å². The Labute approximate surface area is 183 Å². The SMILES string of the molecule is CCN(CC1CCN(S(=O)(=O)c2ccc3c(c2)OCCO3)CC1)C(=O)c1ccccc1. The number of rotatable bonds is 6. The number of amides is 1. The Balaban J connectivity index is 1.38. The molecule has 0 aromatic heterocycles. The minimum absolute atomic E-state index is 0.0226. The van der Waals surface area contributed by atoms with E-state index in [0.29, 0.717) is 56.5 Å². The maximum atomic E-state index is 13.1. The van der Waals surface area contributed by atoms with Crippen LogP contribution >= 0.6 is 0 Å². The van der Waals surface area contributed by atoms with Gasteiger partial charge in [0.25, 0.3) is 5.91 Å². The van der Waals surface area contributed by atoms with E-state index >= 15 is 0 Å². The predicted octanol–water partition coefficient (Wildman–Crippen LogP) is 3.02. The van der Waals surface area contributed by atoms with Crippen LogP contribution in [0, 0.1) is 5.92 Å². The van der Waals surface area contributed by atoms with Crippen LogP contribution in [-0.4, -0.2) is 62.9 Å². The molecule has 166 valence electrons. The highest BCUT2D eigenvalue weighted by Crippen LogP contribution is 2.34. The smallest absolute Gasteiger partial charge is 0.253 e. The van der Waals surface area contributed by atoms with Gasteiger partial charge in [-0.3, -0.25) is 4.79 Å². The lowest BCUT2D eigenvalue weighted by Crippen LogP contribution is -2.42. The molecule has 31 heavy (non-hydrogen) atoms. The molecule has 2 aromatic rings. The summed E-state index contributed by atoms with van der Waals surface area (Å²) in [6.07, 6.45) is 1.45. The first kappa shape index (κ1) is 21.6. The monoisotopic (exact) mass is 444 g/mol. The van der Waals surface area contributed by atoms with E-state index in [1.807, 2.05) is 42.2 Å². The number of carbonyl (C=O) groups excluding carboxylic acids is 1. The van der Waals surface area contributed by atoms with Crippen LogP contribution in [-0.2, 0) is 10.0 Å². The van der Waals surface area contributed by atoms with E-state index in [2.05, 4.69) is 0 Å². The van der Waals surface area contributed by atoms with E-state index in [1.54, 1.807) is 18.2 Å². The first-order valence-corrected chi connectivity index (χ1v) is 12.2. The summed E-state index contributed by atoms with van der Waals surface area (Å²) in [5.41, 5.74) is 0.683. The van der Waals surface area contributed by atoms with Crippen molar-refractivity contribution in [1.29, 1.82) is 0 Å². The number of fused-ring (bicyclic) bond motifs is 1. The fraction of sp³-hybridized carbons (Fsp3) is 0.435. The first-order valence-electron chi connectivity index (χ1n) is 10.7. The largest absolute Gasteiger partial charge is 0.486 e. The predicted molar refractivity (Wildman–Crippen MR) is 117 cm³/mol. The number of carbonyl (C=O) groups is 1. The first-order chi connectivity index (χ1) is 15.0. The summed E-state index contributed by atoms with van der Waals surface area (Å²) in [5.74, 6) is 1.35. The molecule has 2 aliphatic heterocycles. The number of piperidine rings is 1. The van der Waals surface area contributed by atoms with E-state index < -0.39 is 10.0 Å². The Morgan fingerprint density at radius 3 is 2.39 bits per heavy atom. The molecule has 8 heteroatoms. The van der Waals surface area contributed by atoms with Gasteiger partial charge in [-0.1, -0.05) is 18.2 Å². The van der Waals surface area contributed by atoms with Crippen LogP contribution in [0.2, 0.25) is 0 Å². The highest BCUT2D eigenvalue weighted by Gasteiger charge is 2.31. The van der Waals surface area contributed by atoms with Crippen LogP contribution in [0.15, 0.2) is 53.4 Å². The minimum atomic E-state index is -3.60. The molecule has 2 heterocycles. The summed E-state index contributed by atoms with van der Waals surface area (Å²) in [6.45, 7) is 5.01. The van der Waals surface area contributed by atoms with Gasteiger partial charge in [0, 0.05) is 37.8 Å². The molecule has 4 rings (SSSR count). The van der Waals surface area contributed by atoms with Crippen molar-refractivity contribution in [2.24, 2.45) is 5.92 Å². The van der Waals surface area contributed by atoms with Gasteiger partial charge in [0.2, 0.25) is 10.0 Å². The van der Waals surface area contributed by atoms with Crippen molar-refractivity contribution < 1.29 is 22.7 Å². The minimum Gasteiger partial charge on any atom is -0.486 e. The average molecular weight is 445 g/mol. The van der Waals surface area contributed by atoms with Gasteiger partial charge >= 0.3 is 0 Å². The molecule has 0 saturated carbocycles. The standard InChI is InChI=1S/C23H28N2O5S/c1-2-24(23(26)19-6-4-3-5-7-19)17-18-10-12-25(13-11-18)31(27,28)20-8-9-21-22(16-20)30-15-14-29-21/h3-9,16,18H,2,10-15,17H2,1H3. The number of hydrogen-bond acceptors (Lipinski definition) is 5. The average Bonchev–Trinajstić information content (AvgIpc) is 2.82. The van der Waals surface area contributed by atoms with Gasteiger partial charge in [-0.2, -0.15) is 4.31 Å². The Morgan fingerprint density at radius 1 is 1.03 bits per heavy atom. The van der Waals surface area contributed by atoms with E-state index in [9.17, 15) is 13.2 Å². The van der Waals surface area contributed by atoms with Crippen LogP contribution in [0.4, 0.5) is 0 Å². The zero-order chi connectivity index (χ0) is 21.8. The van der Waals surface area contributed by atoms with Crippen molar-refractivity contribution in [3.8, 4) is 11.5 Å². The normalized spacial score (nSPS) is 17.3. The van der Waals surface area contributed by atoms with E-state index in [4.69, 9.17) is 9.47 Å². The second-order valence-corrected chi connectivity index (χ2v) is 9.80. The maximum absolute atomic E-state index is 13.1. The van der Waals surface area contributed by atoms with Crippen molar-refractivity contribution in [2.45, 2.75) is 24.7 Å². The second-order valence-electron chi connectivity index (χ2n) is 7.86. The van der Waals surface area contributed by atoms with Crippen molar-refractivity contribution in [3.63, 3.8) is 0 Å². The van der Waals surface area contributed by atoms with Crippen LogP contribution in [0.1, 0.15) is 30.1 Å². The van der Waals surface area contributed by atoms with Gasteiger partial charge in [0.05, 0.1) is 4.90 Å². The number of nitrogens with zero attached hydrogens (tertiary/aromatic N) is 2. The molecule has 1 amide bonds. The van der Waals surface area contributed by atoms with Crippen LogP contribution < -0.4 is 9.47 Å². The molecule has 2 aromatic carbocycles. The third-order valence-electron chi connectivity index (χ3n) is 5.89. The van der Waals surface area contributed by atoms with Gasteiger partial charge in [-0.25, -0.2) is 8.42 Å². The molecular formula is C23H28N2O5S. The third kappa shape index (κ3) is 4.70. The summed E-state index contributed by atoms with van der Waals surface area (Å²) in [6, 6.07) is 14.1. The summed E-state index contributed by atoms with van der Waals surface area (Å²) in [7, 11) is -3.60. The molecule has 0 N–H and O–H groups in total. The molecule has 0 aliphatic carbocycles. The lowest BCUT2D eigenvalue weighted by atomic mass is 9.97. The Bertz CT molecular complexity index is 1020. The van der Waals surface area contributed by atoms with E-state index in [0.717, 1.165) is 12.8 Å². The molecule has 0 atom stereocenters. The Hall–Kier alpha value is -2.58. The summed E-state index contributed by atoms with van der Waals surface area (Å²) < 4.78 is 38.8. The lowest BCUT2D eigenvalue weighted by Gasteiger charge is -2.34. The highest BCUT2D eigenvalue weighted by atomic mass is 32.2. The highest BCUT2D eigenvalue weighted by molar-refractivity contribution is 7.89. The Morgan fingerprint density at radius 2 is 1.71 bits per heavy atom.